The minimum Gasteiger partial charge on any atom is -0.497 e. The molecule has 5 rings (SSSR count). The molecule has 1 fully saturated rings. The Labute approximate surface area is 209 Å². The third-order valence-corrected chi connectivity index (χ3v) is 6.92. The minimum atomic E-state index is -1.50. The van der Waals surface area contributed by atoms with E-state index < -0.39 is 17.5 Å². The van der Waals surface area contributed by atoms with E-state index in [2.05, 4.69) is 5.32 Å². The van der Waals surface area contributed by atoms with Crippen molar-refractivity contribution < 1.29 is 23.9 Å². The van der Waals surface area contributed by atoms with Gasteiger partial charge in [-0.05, 0) is 60.4 Å². The molecule has 1 N–H and O–H groups in total. The highest BCUT2D eigenvalue weighted by atomic mass is 16.5. The average Bonchev–Trinajstić information content (AvgIpc) is 3.37. The molecule has 0 saturated carbocycles. The number of para-hydroxylation sites is 1. The summed E-state index contributed by atoms with van der Waals surface area (Å²) in [5, 5.41) is 2.89. The summed E-state index contributed by atoms with van der Waals surface area (Å²) in [6.45, 7) is 1.60. The van der Waals surface area contributed by atoms with Crippen LogP contribution >= 0.6 is 0 Å². The normalized spacial score (nSPS) is 18.1. The predicted molar refractivity (Wildman–Crippen MR) is 134 cm³/mol. The van der Waals surface area contributed by atoms with Crippen LogP contribution in [-0.4, -0.2) is 49.6 Å². The Morgan fingerprint density at radius 2 is 1.47 bits per heavy atom. The summed E-state index contributed by atoms with van der Waals surface area (Å²) >= 11 is 0. The number of urea groups is 1. The second-order valence-corrected chi connectivity index (χ2v) is 8.97. The number of ether oxygens (including phenoxy) is 2. The lowest BCUT2D eigenvalue weighted by molar-refractivity contribution is -0.133. The van der Waals surface area contributed by atoms with E-state index in [0.717, 1.165) is 22.6 Å². The van der Waals surface area contributed by atoms with Crippen LogP contribution in [-0.2, 0) is 21.5 Å². The fraction of sp³-hybridized carbons (Fsp3) is 0.250. The van der Waals surface area contributed by atoms with Crippen LogP contribution in [0.4, 0.5) is 10.5 Å². The van der Waals surface area contributed by atoms with Crippen molar-refractivity contribution in [2.24, 2.45) is 0 Å². The van der Waals surface area contributed by atoms with E-state index in [1.54, 1.807) is 67.7 Å². The van der Waals surface area contributed by atoms with Gasteiger partial charge in [0.2, 0.25) is 5.91 Å². The van der Waals surface area contributed by atoms with Crippen LogP contribution in [0, 0.1) is 0 Å². The standard InChI is InChI=1S/C28H27N3O5/c1-18-16-19-6-4-5-7-24(19)31(18)25(32)17-30-26(33)28(29-27(30)34,20-8-12-22(35-2)13-9-20)21-10-14-23(36-3)15-11-21/h4-15,18H,16-17H2,1-3H3,(H,29,34). The lowest BCUT2D eigenvalue weighted by Gasteiger charge is -2.29. The van der Waals surface area contributed by atoms with E-state index in [4.69, 9.17) is 9.47 Å². The molecule has 1 saturated heterocycles. The molecule has 2 heterocycles. The topological polar surface area (TPSA) is 88.2 Å². The van der Waals surface area contributed by atoms with Crippen molar-refractivity contribution in [3.63, 3.8) is 0 Å². The summed E-state index contributed by atoms with van der Waals surface area (Å²) in [4.78, 5) is 43.4. The number of anilines is 1. The number of carbonyl (C=O) groups excluding carboxylic acids is 3. The Hall–Kier alpha value is -4.33. The molecule has 2 aliphatic rings. The first kappa shape index (κ1) is 23.4. The van der Waals surface area contributed by atoms with Gasteiger partial charge in [0.15, 0.2) is 5.54 Å². The molecule has 2 aliphatic heterocycles. The molecule has 8 heteroatoms. The van der Waals surface area contributed by atoms with Crippen molar-refractivity contribution in [3.8, 4) is 11.5 Å². The Balaban J connectivity index is 1.51. The molecule has 4 amide bonds. The number of imide groups is 1. The Kier molecular flexibility index (Phi) is 5.88. The Bertz CT molecular complexity index is 1270. The molecule has 0 radical (unpaired) electrons. The SMILES string of the molecule is COc1ccc(C2(c3ccc(OC)cc3)NC(=O)N(CC(=O)N3c4ccccc4CC3C)C2=O)cc1. The van der Waals surface area contributed by atoms with Crippen molar-refractivity contribution in [1.29, 1.82) is 0 Å². The van der Waals surface area contributed by atoms with E-state index in [0.29, 0.717) is 22.6 Å². The number of hydrogen-bond donors (Lipinski definition) is 1. The smallest absolute Gasteiger partial charge is 0.326 e. The fourth-order valence-electron chi connectivity index (χ4n) is 5.12. The number of fused-ring (bicyclic) bond motifs is 1. The molecular weight excluding hydrogens is 458 g/mol. The molecule has 0 bridgehead atoms. The first-order valence-corrected chi connectivity index (χ1v) is 11.7. The van der Waals surface area contributed by atoms with Crippen molar-refractivity contribution in [2.45, 2.75) is 24.9 Å². The minimum absolute atomic E-state index is 0.0661. The number of nitrogens with one attached hydrogen (secondary N) is 1. The third kappa shape index (κ3) is 3.66. The number of amides is 4. The number of carbonyl (C=O) groups is 3. The van der Waals surface area contributed by atoms with E-state index in [1.165, 1.54) is 0 Å². The highest BCUT2D eigenvalue weighted by Gasteiger charge is 2.54. The number of rotatable bonds is 6. The molecule has 8 nitrogen and oxygen atoms in total. The zero-order valence-electron chi connectivity index (χ0n) is 20.4. The molecule has 1 unspecified atom stereocenters. The quantitative estimate of drug-likeness (QED) is 0.540. The number of benzene rings is 3. The van der Waals surface area contributed by atoms with E-state index in [1.807, 2.05) is 31.2 Å². The van der Waals surface area contributed by atoms with E-state index in [9.17, 15) is 14.4 Å². The average molecular weight is 486 g/mol. The zero-order chi connectivity index (χ0) is 25.4. The highest BCUT2D eigenvalue weighted by molar-refractivity contribution is 6.12. The second-order valence-electron chi connectivity index (χ2n) is 8.97. The number of hydrogen-bond acceptors (Lipinski definition) is 5. The van der Waals surface area contributed by atoms with Crippen molar-refractivity contribution >= 4 is 23.5 Å². The van der Waals surface area contributed by atoms with Crippen molar-refractivity contribution in [2.75, 3.05) is 25.7 Å². The van der Waals surface area contributed by atoms with Crippen LogP contribution in [0.5, 0.6) is 11.5 Å². The van der Waals surface area contributed by atoms with Gasteiger partial charge in [-0.15, -0.1) is 0 Å². The van der Waals surface area contributed by atoms with Gasteiger partial charge in [0.05, 0.1) is 14.2 Å². The molecule has 36 heavy (non-hydrogen) atoms. The van der Waals surface area contributed by atoms with Gasteiger partial charge in [-0.3, -0.25) is 14.5 Å². The second kappa shape index (κ2) is 9.03. The maximum absolute atomic E-state index is 14.0. The lowest BCUT2D eigenvalue weighted by atomic mass is 9.82. The van der Waals surface area contributed by atoms with Crippen molar-refractivity contribution in [3.05, 3.63) is 89.5 Å². The molecule has 184 valence electrons. The molecule has 3 aromatic carbocycles. The van der Waals surface area contributed by atoms with Crippen molar-refractivity contribution in [1.82, 2.24) is 10.2 Å². The highest BCUT2D eigenvalue weighted by Crippen LogP contribution is 2.38. The van der Waals surface area contributed by atoms with Crippen LogP contribution in [0.25, 0.3) is 0 Å². The largest absolute Gasteiger partial charge is 0.497 e. The maximum atomic E-state index is 14.0. The number of methoxy groups -OCH3 is 2. The van der Waals surface area contributed by atoms with Crippen LogP contribution in [0.1, 0.15) is 23.6 Å². The van der Waals surface area contributed by atoms with Gasteiger partial charge in [0.1, 0.15) is 18.0 Å². The predicted octanol–water partition coefficient (Wildman–Crippen LogP) is 3.48. The molecule has 1 atom stereocenters. The maximum Gasteiger partial charge on any atom is 0.326 e. The van der Waals surface area contributed by atoms with E-state index >= 15 is 0 Å². The molecule has 3 aromatic rings. The lowest BCUT2D eigenvalue weighted by Crippen LogP contribution is -2.47. The molecule has 0 spiro atoms. The van der Waals surface area contributed by atoms with Crippen LogP contribution in [0.2, 0.25) is 0 Å². The van der Waals surface area contributed by atoms with E-state index in [-0.39, 0.29) is 18.5 Å². The van der Waals surface area contributed by atoms with Crippen LogP contribution < -0.4 is 19.7 Å². The summed E-state index contributed by atoms with van der Waals surface area (Å²) < 4.78 is 10.5. The van der Waals surface area contributed by atoms with Crippen LogP contribution in [0.3, 0.4) is 0 Å². The van der Waals surface area contributed by atoms with Gasteiger partial charge in [0.25, 0.3) is 5.91 Å². The van der Waals surface area contributed by atoms with Crippen LogP contribution in [0.15, 0.2) is 72.8 Å². The summed E-state index contributed by atoms with van der Waals surface area (Å²) in [6, 6.07) is 20.9. The van der Waals surface area contributed by atoms with Gasteiger partial charge < -0.3 is 19.7 Å². The summed E-state index contributed by atoms with van der Waals surface area (Å²) in [6.07, 6.45) is 0.726. The van der Waals surface area contributed by atoms with Gasteiger partial charge in [0, 0.05) is 11.7 Å². The van der Waals surface area contributed by atoms with Gasteiger partial charge in [-0.1, -0.05) is 42.5 Å². The summed E-state index contributed by atoms with van der Waals surface area (Å²) in [5.41, 5.74) is 1.51. The Morgan fingerprint density at radius 1 is 0.917 bits per heavy atom. The van der Waals surface area contributed by atoms with Gasteiger partial charge in [-0.25, -0.2) is 4.79 Å². The van der Waals surface area contributed by atoms with Gasteiger partial charge >= 0.3 is 6.03 Å². The third-order valence-electron chi connectivity index (χ3n) is 6.92. The number of nitrogens with zero attached hydrogens (tertiary/aromatic N) is 2. The molecule has 0 aliphatic carbocycles. The zero-order valence-corrected chi connectivity index (χ0v) is 20.4. The molecule has 0 aromatic heterocycles. The molecular formula is C28H27N3O5. The monoisotopic (exact) mass is 485 g/mol. The first-order valence-electron chi connectivity index (χ1n) is 11.7. The summed E-state index contributed by atoms with van der Waals surface area (Å²) in [5.74, 6) is 0.413. The van der Waals surface area contributed by atoms with Gasteiger partial charge in [-0.2, -0.15) is 0 Å². The fourth-order valence-corrected chi connectivity index (χ4v) is 5.12. The Morgan fingerprint density at radius 3 is 2.03 bits per heavy atom. The first-order chi connectivity index (χ1) is 17.4. The summed E-state index contributed by atoms with van der Waals surface area (Å²) in [7, 11) is 3.11.